The van der Waals surface area contributed by atoms with Gasteiger partial charge in [0.15, 0.2) is 6.10 Å². The molecule has 2 aromatic rings. The highest BCUT2D eigenvalue weighted by molar-refractivity contribution is 5.97. The van der Waals surface area contributed by atoms with E-state index in [4.69, 9.17) is 4.74 Å². The summed E-state index contributed by atoms with van der Waals surface area (Å²) in [5.41, 5.74) is 2.05. The molecule has 3 rings (SSSR count). The molecule has 0 aliphatic carbocycles. The van der Waals surface area contributed by atoms with Gasteiger partial charge in [0.2, 0.25) is 0 Å². The number of hydrogen-bond donors (Lipinski definition) is 0. The zero-order chi connectivity index (χ0) is 13.8. The van der Waals surface area contributed by atoms with Crippen molar-refractivity contribution in [2.75, 3.05) is 0 Å². The first-order valence-corrected chi connectivity index (χ1v) is 6.70. The lowest BCUT2D eigenvalue weighted by Gasteiger charge is -2.15. The van der Waals surface area contributed by atoms with Crippen LogP contribution in [0.3, 0.4) is 0 Å². The number of amides is 1. The molecule has 0 radical (unpaired) electrons. The van der Waals surface area contributed by atoms with Crippen LogP contribution < -0.4 is 4.74 Å². The smallest absolute Gasteiger partial charge is 0.286 e. The summed E-state index contributed by atoms with van der Waals surface area (Å²) in [6.45, 7) is 0. The van der Waals surface area contributed by atoms with Gasteiger partial charge in [-0.05, 0) is 30.5 Å². The third kappa shape index (κ3) is 2.77. The second-order valence-corrected chi connectivity index (χ2v) is 4.77. The minimum atomic E-state index is -0.505. The maximum absolute atomic E-state index is 12.0. The number of fused-ring (bicyclic) bond motifs is 1. The Bertz CT molecular complexity index is 634. The number of rotatable bonds is 3. The molecule has 0 fully saturated rings. The van der Waals surface area contributed by atoms with Crippen LogP contribution in [0.15, 0.2) is 59.6 Å². The maximum atomic E-state index is 12.0. The summed E-state index contributed by atoms with van der Waals surface area (Å²) in [5, 5.41) is 0. The molecule has 1 amide bonds. The van der Waals surface area contributed by atoms with Gasteiger partial charge in [-0.3, -0.25) is 4.79 Å². The molecule has 20 heavy (non-hydrogen) atoms. The fourth-order valence-corrected chi connectivity index (χ4v) is 2.24. The lowest BCUT2D eigenvalue weighted by atomic mass is 10.1. The summed E-state index contributed by atoms with van der Waals surface area (Å²) in [5.74, 6) is 0.511. The first kappa shape index (κ1) is 12.6. The van der Waals surface area contributed by atoms with E-state index in [1.807, 2.05) is 42.5 Å². The van der Waals surface area contributed by atoms with E-state index in [0.29, 0.717) is 6.42 Å². The Labute approximate surface area is 117 Å². The van der Waals surface area contributed by atoms with Crippen molar-refractivity contribution in [2.45, 2.75) is 18.9 Å². The molecule has 0 spiro atoms. The van der Waals surface area contributed by atoms with Crippen molar-refractivity contribution < 1.29 is 9.53 Å². The number of hydrogen-bond acceptors (Lipinski definition) is 2. The van der Waals surface area contributed by atoms with Gasteiger partial charge in [-0.2, -0.15) is 0 Å². The normalized spacial score (nSPS) is 17.2. The van der Waals surface area contributed by atoms with Crippen molar-refractivity contribution in [1.29, 1.82) is 0 Å². The molecule has 0 N–H and O–H groups in total. The predicted molar refractivity (Wildman–Crippen MR) is 78.2 cm³/mol. The Morgan fingerprint density at radius 3 is 2.60 bits per heavy atom. The number of aliphatic imine (C=N–C) groups is 1. The minimum absolute atomic E-state index is 0.211. The Morgan fingerprint density at radius 2 is 1.75 bits per heavy atom. The summed E-state index contributed by atoms with van der Waals surface area (Å²) in [7, 11) is 0. The second kappa shape index (κ2) is 5.70. The Morgan fingerprint density at radius 1 is 1.00 bits per heavy atom. The number of ether oxygens (including phenoxy) is 1. The Hall–Kier alpha value is -2.42. The quantitative estimate of drug-likeness (QED) is 0.855. The molecule has 1 heterocycles. The molecular weight excluding hydrogens is 250 g/mol. The largest absolute Gasteiger partial charge is 0.480 e. The second-order valence-electron chi connectivity index (χ2n) is 4.77. The van der Waals surface area contributed by atoms with Crippen molar-refractivity contribution in [1.82, 2.24) is 0 Å². The molecule has 0 aromatic heterocycles. The van der Waals surface area contributed by atoms with Gasteiger partial charge < -0.3 is 4.74 Å². The molecule has 1 atom stereocenters. The monoisotopic (exact) mass is 265 g/mol. The third-order valence-corrected chi connectivity index (χ3v) is 3.33. The van der Waals surface area contributed by atoms with Gasteiger partial charge in [-0.1, -0.05) is 42.5 Å². The first-order chi connectivity index (χ1) is 9.83. The van der Waals surface area contributed by atoms with Gasteiger partial charge >= 0.3 is 0 Å². The summed E-state index contributed by atoms with van der Waals surface area (Å²) < 4.78 is 5.82. The predicted octanol–water partition coefficient (Wildman–Crippen LogP) is 3.03. The minimum Gasteiger partial charge on any atom is -0.480 e. The van der Waals surface area contributed by atoms with Crippen LogP contribution in [-0.2, 0) is 11.2 Å². The van der Waals surface area contributed by atoms with Gasteiger partial charge in [0, 0.05) is 11.8 Å². The number of carbonyl (C=O) groups is 1. The molecule has 1 aliphatic heterocycles. The van der Waals surface area contributed by atoms with E-state index < -0.39 is 6.10 Å². The van der Waals surface area contributed by atoms with Gasteiger partial charge in [-0.15, -0.1) is 0 Å². The van der Waals surface area contributed by atoms with Crippen molar-refractivity contribution in [2.24, 2.45) is 4.99 Å². The molecule has 3 heteroatoms. The lowest BCUT2D eigenvalue weighted by Crippen LogP contribution is -2.25. The number of benzene rings is 2. The summed E-state index contributed by atoms with van der Waals surface area (Å²) in [6, 6.07) is 17.7. The Balaban J connectivity index is 1.74. The molecule has 0 saturated heterocycles. The van der Waals surface area contributed by atoms with E-state index in [1.54, 1.807) is 6.21 Å². The van der Waals surface area contributed by atoms with E-state index in [1.165, 1.54) is 5.56 Å². The van der Waals surface area contributed by atoms with Crippen LogP contribution in [0.25, 0.3) is 0 Å². The number of para-hydroxylation sites is 1. The molecule has 100 valence electrons. The van der Waals surface area contributed by atoms with E-state index in [-0.39, 0.29) is 5.91 Å². The highest BCUT2D eigenvalue weighted by atomic mass is 16.5. The zero-order valence-electron chi connectivity index (χ0n) is 11.0. The van der Waals surface area contributed by atoms with E-state index in [9.17, 15) is 4.79 Å². The van der Waals surface area contributed by atoms with Crippen LogP contribution in [-0.4, -0.2) is 18.2 Å². The topological polar surface area (TPSA) is 38.7 Å². The van der Waals surface area contributed by atoms with Crippen molar-refractivity contribution in [3.63, 3.8) is 0 Å². The summed E-state index contributed by atoms with van der Waals surface area (Å²) in [4.78, 5) is 16.0. The van der Waals surface area contributed by atoms with Crippen LogP contribution in [0.2, 0.25) is 0 Å². The van der Waals surface area contributed by atoms with Gasteiger partial charge in [0.25, 0.3) is 5.91 Å². The molecule has 1 unspecified atom stereocenters. The van der Waals surface area contributed by atoms with Crippen LogP contribution in [0.1, 0.15) is 17.5 Å². The molecule has 0 bridgehead atoms. The SMILES string of the molecule is O=C1N=Cc2ccccc2OC1CCc1ccccc1. The highest BCUT2D eigenvalue weighted by Crippen LogP contribution is 2.22. The summed E-state index contributed by atoms with van der Waals surface area (Å²) >= 11 is 0. The van der Waals surface area contributed by atoms with Gasteiger partial charge in [0.1, 0.15) is 5.75 Å². The molecule has 2 aromatic carbocycles. The average Bonchev–Trinajstić information content (AvgIpc) is 2.66. The van der Waals surface area contributed by atoms with Crippen LogP contribution in [0.5, 0.6) is 5.75 Å². The average molecular weight is 265 g/mol. The van der Waals surface area contributed by atoms with E-state index in [2.05, 4.69) is 17.1 Å². The molecular formula is C17H15NO2. The standard InChI is InChI=1S/C17H15NO2/c19-17-16(11-10-13-6-2-1-3-7-13)20-15-9-5-4-8-14(15)12-18-17/h1-9,12,16H,10-11H2. The summed E-state index contributed by atoms with van der Waals surface area (Å²) in [6.07, 6.45) is 2.51. The Kier molecular flexibility index (Phi) is 3.59. The number of aryl methyl sites for hydroxylation is 1. The maximum Gasteiger partial charge on any atom is 0.286 e. The fourth-order valence-electron chi connectivity index (χ4n) is 2.24. The fraction of sp³-hybridized carbons (Fsp3) is 0.176. The van der Waals surface area contributed by atoms with Crippen molar-refractivity contribution in [3.8, 4) is 5.75 Å². The van der Waals surface area contributed by atoms with E-state index >= 15 is 0 Å². The van der Waals surface area contributed by atoms with Gasteiger partial charge in [0.05, 0.1) is 0 Å². The lowest BCUT2D eigenvalue weighted by molar-refractivity contribution is -0.124. The van der Waals surface area contributed by atoms with E-state index in [0.717, 1.165) is 17.7 Å². The third-order valence-electron chi connectivity index (χ3n) is 3.33. The van der Waals surface area contributed by atoms with Crippen molar-refractivity contribution >= 4 is 12.1 Å². The molecule has 0 saturated carbocycles. The molecule has 3 nitrogen and oxygen atoms in total. The van der Waals surface area contributed by atoms with Crippen molar-refractivity contribution in [3.05, 3.63) is 65.7 Å². The zero-order valence-corrected chi connectivity index (χ0v) is 11.0. The highest BCUT2D eigenvalue weighted by Gasteiger charge is 2.22. The number of nitrogens with zero attached hydrogens (tertiary/aromatic N) is 1. The van der Waals surface area contributed by atoms with Crippen LogP contribution >= 0.6 is 0 Å². The number of carbonyl (C=O) groups excluding carboxylic acids is 1. The molecule has 1 aliphatic rings. The van der Waals surface area contributed by atoms with Crippen LogP contribution in [0.4, 0.5) is 0 Å². The van der Waals surface area contributed by atoms with Gasteiger partial charge in [-0.25, -0.2) is 4.99 Å². The first-order valence-electron chi connectivity index (χ1n) is 6.70. The van der Waals surface area contributed by atoms with Crippen LogP contribution in [0, 0.1) is 0 Å².